The highest BCUT2D eigenvalue weighted by Gasteiger charge is 2.06. The van der Waals surface area contributed by atoms with Gasteiger partial charge in [0.25, 0.3) is 0 Å². The molecule has 0 spiro atoms. The molecule has 0 amide bonds. The summed E-state index contributed by atoms with van der Waals surface area (Å²) in [6.07, 6.45) is 2.76. The van der Waals surface area contributed by atoms with Crippen molar-refractivity contribution in [3.8, 4) is 11.3 Å². The molecule has 0 radical (unpaired) electrons. The number of hydrogen-bond donors (Lipinski definition) is 1. The van der Waals surface area contributed by atoms with Crippen LogP contribution in [0.1, 0.15) is 25.6 Å². The van der Waals surface area contributed by atoms with Crippen LogP contribution in [0.2, 0.25) is 0 Å². The highest BCUT2D eigenvalue weighted by molar-refractivity contribution is 7.71. The van der Waals surface area contributed by atoms with Crippen molar-refractivity contribution in [2.75, 3.05) is 0 Å². The van der Waals surface area contributed by atoms with E-state index in [0.29, 0.717) is 10.2 Å². The van der Waals surface area contributed by atoms with E-state index in [-0.39, 0.29) is 11.7 Å². The largest absolute Gasteiger partial charge is 0.343 e. The molecule has 5 heteroatoms. The van der Waals surface area contributed by atoms with Crippen molar-refractivity contribution >= 4 is 12.2 Å². The van der Waals surface area contributed by atoms with Gasteiger partial charge in [0.05, 0.1) is 11.9 Å². The Kier molecular flexibility index (Phi) is 3.28. The number of hydrogen-bond acceptors (Lipinski definition) is 3. The van der Waals surface area contributed by atoms with Crippen molar-refractivity contribution in [3.63, 3.8) is 0 Å². The molecule has 0 aromatic carbocycles. The Morgan fingerprint density at radius 3 is 2.71 bits per heavy atom. The maximum absolute atomic E-state index is 13.1. The number of halogens is 1. The smallest absolute Gasteiger partial charge is 0.142 e. The van der Waals surface area contributed by atoms with Crippen molar-refractivity contribution in [2.45, 2.75) is 19.8 Å². The lowest BCUT2D eigenvalue weighted by Crippen LogP contribution is -1.99. The minimum Gasteiger partial charge on any atom is -0.343 e. The molecular weight excluding hydrogens is 237 g/mol. The van der Waals surface area contributed by atoms with Crippen LogP contribution in [0, 0.1) is 10.5 Å². The molecule has 0 saturated heterocycles. The third-order valence-corrected chi connectivity index (χ3v) is 2.53. The second-order valence-corrected chi connectivity index (χ2v) is 4.48. The summed E-state index contributed by atoms with van der Waals surface area (Å²) in [6, 6.07) is 3.12. The normalized spacial score (nSPS) is 10.8. The van der Waals surface area contributed by atoms with E-state index in [2.05, 4.69) is 15.0 Å². The van der Waals surface area contributed by atoms with Gasteiger partial charge in [-0.15, -0.1) is 0 Å². The molecule has 0 fully saturated rings. The van der Waals surface area contributed by atoms with Crippen LogP contribution < -0.4 is 0 Å². The van der Waals surface area contributed by atoms with Gasteiger partial charge >= 0.3 is 0 Å². The van der Waals surface area contributed by atoms with Gasteiger partial charge in [0.2, 0.25) is 0 Å². The van der Waals surface area contributed by atoms with Crippen molar-refractivity contribution < 1.29 is 4.39 Å². The van der Waals surface area contributed by atoms with Gasteiger partial charge in [-0.05, 0) is 12.1 Å². The van der Waals surface area contributed by atoms with Crippen molar-refractivity contribution in [2.24, 2.45) is 0 Å². The van der Waals surface area contributed by atoms with Crippen LogP contribution in [-0.4, -0.2) is 15.0 Å². The van der Waals surface area contributed by atoms with Gasteiger partial charge in [-0.1, -0.05) is 26.1 Å². The van der Waals surface area contributed by atoms with Gasteiger partial charge in [0.15, 0.2) is 0 Å². The van der Waals surface area contributed by atoms with Gasteiger partial charge in [-0.2, -0.15) is 0 Å². The lowest BCUT2D eigenvalue weighted by molar-refractivity contribution is 0.622. The zero-order chi connectivity index (χ0) is 12.4. The summed E-state index contributed by atoms with van der Waals surface area (Å²) < 4.78 is 13.6. The number of rotatable bonds is 2. The minimum absolute atomic E-state index is 0.234. The SMILES string of the molecule is CC(C)c1nc(=S)cc(-c2cncc(F)c2)[nH]1. The molecule has 17 heavy (non-hydrogen) atoms. The maximum atomic E-state index is 13.1. The molecule has 1 N–H and O–H groups in total. The molecule has 2 aromatic rings. The molecule has 3 nitrogen and oxygen atoms in total. The summed E-state index contributed by atoms with van der Waals surface area (Å²) in [5, 5.41) is 0. The van der Waals surface area contributed by atoms with Crippen LogP contribution in [-0.2, 0) is 0 Å². The van der Waals surface area contributed by atoms with Crippen LogP contribution in [0.3, 0.4) is 0 Å². The highest BCUT2D eigenvalue weighted by Crippen LogP contribution is 2.19. The molecule has 2 heterocycles. The molecule has 2 aromatic heterocycles. The third-order valence-electron chi connectivity index (χ3n) is 2.32. The predicted octanol–water partition coefficient (Wildman–Crippen LogP) is 3.46. The van der Waals surface area contributed by atoms with Gasteiger partial charge in [-0.3, -0.25) is 4.98 Å². The number of aromatic nitrogens is 3. The number of pyridine rings is 1. The second kappa shape index (κ2) is 4.71. The molecule has 88 valence electrons. The number of H-pyrrole nitrogens is 1. The Morgan fingerprint density at radius 1 is 1.29 bits per heavy atom. The van der Waals surface area contributed by atoms with Gasteiger partial charge < -0.3 is 4.98 Å². The summed E-state index contributed by atoms with van der Waals surface area (Å²) in [7, 11) is 0. The summed E-state index contributed by atoms with van der Waals surface area (Å²) in [5.74, 6) is 0.652. The predicted molar refractivity (Wildman–Crippen MR) is 66.7 cm³/mol. The van der Waals surface area contributed by atoms with Crippen LogP contribution in [0.4, 0.5) is 4.39 Å². The van der Waals surface area contributed by atoms with E-state index >= 15 is 0 Å². The third kappa shape index (κ3) is 2.74. The average Bonchev–Trinajstić information content (AvgIpc) is 2.28. The lowest BCUT2D eigenvalue weighted by Gasteiger charge is -2.08. The Morgan fingerprint density at radius 2 is 2.06 bits per heavy atom. The van der Waals surface area contributed by atoms with E-state index in [9.17, 15) is 4.39 Å². The Balaban J connectivity index is 2.56. The molecule has 0 aliphatic rings. The van der Waals surface area contributed by atoms with Crippen LogP contribution in [0.25, 0.3) is 11.3 Å². The van der Waals surface area contributed by atoms with Crippen LogP contribution in [0.5, 0.6) is 0 Å². The molecular formula is C12H12FN3S. The number of nitrogens with one attached hydrogen (secondary N) is 1. The first-order valence-corrected chi connectivity index (χ1v) is 5.69. The van der Waals surface area contributed by atoms with Crippen molar-refractivity contribution in [1.29, 1.82) is 0 Å². The monoisotopic (exact) mass is 249 g/mol. The number of aromatic amines is 1. The summed E-state index contributed by atoms with van der Waals surface area (Å²) in [6.45, 7) is 4.03. The van der Waals surface area contributed by atoms with Gasteiger partial charge in [0.1, 0.15) is 16.3 Å². The zero-order valence-electron chi connectivity index (χ0n) is 9.57. The fraction of sp³-hybridized carbons (Fsp3) is 0.250. The van der Waals surface area contributed by atoms with Crippen LogP contribution in [0.15, 0.2) is 24.5 Å². The summed E-state index contributed by atoms with van der Waals surface area (Å²) in [5.41, 5.74) is 1.40. The first kappa shape index (κ1) is 11.9. The molecule has 2 rings (SSSR count). The van der Waals surface area contributed by atoms with E-state index in [1.165, 1.54) is 12.3 Å². The minimum atomic E-state index is -0.371. The summed E-state index contributed by atoms with van der Waals surface area (Å²) in [4.78, 5) is 11.2. The fourth-order valence-corrected chi connectivity index (χ4v) is 1.68. The quantitative estimate of drug-likeness (QED) is 0.829. The highest BCUT2D eigenvalue weighted by atomic mass is 32.1. The lowest BCUT2D eigenvalue weighted by atomic mass is 10.1. The van der Waals surface area contributed by atoms with Crippen molar-refractivity contribution in [3.05, 3.63) is 40.8 Å². The second-order valence-electron chi connectivity index (χ2n) is 4.06. The first-order chi connectivity index (χ1) is 8.06. The van der Waals surface area contributed by atoms with E-state index in [1.807, 2.05) is 13.8 Å². The van der Waals surface area contributed by atoms with Gasteiger partial charge in [0, 0.05) is 17.7 Å². The Bertz CT molecular complexity index is 592. The zero-order valence-corrected chi connectivity index (χ0v) is 10.4. The van der Waals surface area contributed by atoms with Gasteiger partial charge in [-0.25, -0.2) is 9.37 Å². The fourth-order valence-electron chi connectivity index (χ4n) is 1.46. The molecule has 0 saturated carbocycles. The maximum Gasteiger partial charge on any atom is 0.142 e. The molecule has 0 bridgehead atoms. The van der Waals surface area contributed by atoms with E-state index in [1.54, 1.807) is 12.3 Å². The molecule has 0 unspecified atom stereocenters. The van der Waals surface area contributed by atoms with E-state index in [0.717, 1.165) is 11.5 Å². The first-order valence-electron chi connectivity index (χ1n) is 5.28. The number of nitrogens with zero attached hydrogens (tertiary/aromatic N) is 2. The Hall–Kier alpha value is -1.62. The average molecular weight is 249 g/mol. The standard InChI is InChI=1S/C12H12FN3S/c1-7(2)12-15-10(4-11(17)16-12)8-3-9(13)6-14-5-8/h3-7H,1-2H3,(H,15,16,17). The van der Waals surface area contributed by atoms with E-state index in [4.69, 9.17) is 12.2 Å². The topological polar surface area (TPSA) is 41.6 Å². The molecule has 0 aliphatic heterocycles. The Labute approximate surface area is 104 Å². The molecule has 0 atom stereocenters. The summed E-state index contributed by atoms with van der Waals surface area (Å²) >= 11 is 5.09. The van der Waals surface area contributed by atoms with Crippen LogP contribution >= 0.6 is 12.2 Å². The van der Waals surface area contributed by atoms with Crippen molar-refractivity contribution in [1.82, 2.24) is 15.0 Å². The molecule has 0 aliphatic carbocycles. The van der Waals surface area contributed by atoms with E-state index < -0.39 is 0 Å².